The van der Waals surface area contributed by atoms with Crippen molar-refractivity contribution in [3.05, 3.63) is 71.3 Å². The number of halogens is 1. The summed E-state index contributed by atoms with van der Waals surface area (Å²) in [7, 11) is 1.79. The molecule has 0 radical (unpaired) electrons. The van der Waals surface area contributed by atoms with E-state index in [2.05, 4.69) is 58.9 Å². The summed E-state index contributed by atoms with van der Waals surface area (Å²) in [6.45, 7) is 9.55. The molecule has 0 aromatic heterocycles. The van der Waals surface area contributed by atoms with Crippen LogP contribution in [-0.2, 0) is 34.0 Å². The van der Waals surface area contributed by atoms with Gasteiger partial charge in [0.15, 0.2) is 5.96 Å². The fraction of sp³-hybridized carbons (Fsp3) is 0.480. The topological polar surface area (TPSA) is 64.1 Å². The van der Waals surface area contributed by atoms with E-state index in [0.29, 0.717) is 45.5 Å². The summed E-state index contributed by atoms with van der Waals surface area (Å²) >= 11 is 0. The molecule has 0 spiro atoms. The molecule has 0 aliphatic heterocycles. The molecule has 0 aliphatic rings. The predicted molar refractivity (Wildman–Crippen MR) is 141 cm³/mol. The molecule has 0 fully saturated rings. The van der Waals surface area contributed by atoms with Crippen molar-refractivity contribution in [3.63, 3.8) is 0 Å². The summed E-state index contributed by atoms with van der Waals surface area (Å²) < 4.78 is 16.8. The van der Waals surface area contributed by atoms with Gasteiger partial charge in [-0.2, -0.15) is 0 Å². The molecule has 0 aliphatic carbocycles. The first-order chi connectivity index (χ1) is 15.2. The molecule has 2 rings (SSSR count). The van der Waals surface area contributed by atoms with Gasteiger partial charge < -0.3 is 24.8 Å². The van der Waals surface area contributed by atoms with Crippen LogP contribution in [-0.4, -0.2) is 46.0 Å². The molecule has 1 atom stereocenters. The van der Waals surface area contributed by atoms with Gasteiger partial charge in [-0.15, -0.1) is 24.0 Å². The highest BCUT2D eigenvalue weighted by Crippen LogP contribution is 2.07. The normalized spacial score (nSPS) is 12.2. The minimum atomic E-state index is 0. The zero-order valence-electron chi connectivity index (χ0n) is 19.5. The number of aliphatic imine (C=N–C) groups is 1. The number of hydrogen-bond donors (Lipinski definition) is 2. The zero-order valence-corrected chi connectivity index (χ0v) is 21.8. The van der Waals surface area contributed by atoms with Crippen LogP contribution in [0.25, 0.3) is 0 Å². The first-order valence-electron chi connectivity index (χ1n) is 11.0. The van der Waals surface area contributed by atoms with Gasteiger partial charge in [0.25, 0.3) is 0 Å². The highest BCUT2D eigenvalue weighted by molar-refractivity contribution is 14.0. The Hall–Kier alpha value is -1.68. The Bertz CT molecular complexity index is 759. The van der Waals surface area contributed by atoms with Gasteiger partial charge in [0.05, 0.1) is 33.0 Å². The average Bonchev–Trinajstić information content (AvgIpc) is 2.80. The smallest absolute Gasteiger partial charge is 0.191 e. The fourth-order valence-electron chi connectivity index (χ4n) is 2.97. The molecule has 0 amide bonds. The first-order valence-corrected chi connectivity index (χ1v) is 11.0. The van der Waals surface area contributed by atoms with E-state index in [1.165, 1.54) is 11.1 Å². The van der Waals surface area contributed by atoms with Crippen molar-refractivity contribution < 1.29 is 14.2 Å². The molecule has 1 unspecified atom stereocenters. The third kappa shape index (κ3) is 12.4. The summed E-state index contributed by atoms with van der Waals surface area (Å²) in [5, 5.41) is 6.75. The van der Waals surface area contributed by atoms with Gasteiger partial charge in [0.1, 0.15) is 0 Å². The molecule has 6 nitrogen and oxygen atoms in total. The highest BCUT2D eigenvalue weighted by Gasteiger charge is 2.05. The molecule has 178 valence electrons. The quantitative estimate of drug-likeness (QED) is 0.157. The number of nitrogens with zero attached hydrogens (tertiary/aromatic N) is 1. The molecule has 32 heavy (non-hydrogen) atoms. The lowest BCUT2D eigenvalue weighted by Crippen LogP contribution is -2.39. The number of hydrogen-bond acceptors (Lipinski definition) is 4. The summed E-state index contributed by atoms with van der Waals surface area (Å²) in [4.78, 5) is 4.32. The third-order valence-corrected chi connectivity index (χ3v) is 4.65. The van der Waals surface area contributed by atoms with Crippen molar-refractivity contribution in [1.29, 1.82) is 0 Å². The molecule has 0 bridgehead atoms. The lowest BCUT2D eigenvalue weighted by atomic mass is 10.1. The van der Waals surface area contributed by atoms with Crippen molar-refractivity contribution in [2.45, 2.75) is 33.6 Å². The van der Waals surface area contributed by atoms with E-state index in [4.69, 9.17) is 14.2 Å². The molecule has 0 heterocycles. The Kier molecular flexibility index (Phi) is 15.8. The van der Waals surface area contributed by atoms with Crippen molar-refractivity contribution in [3.8, 4) is 0 Å². The molecule has 2 aromatic rings. The van der Waals surface area contributed by atoms with Gasteiger partial charge in [-0.05, 0) is 29.5 Å². The third-order valence-electron chi connectivity index (χ3n) is 4.65. The maximum absolute atomic E-state index is 5.82. The van der Waals surface area contributed by atoms with Crippen LogP contribution in [0.4, 0.5) is 0 Å². The monoisotopic (exact) mass is 555 g/mol. The Balaban J connectivity index is 0.00000512. The van der Waals surface area contributed by atoms with E-state index in [0.717, 1.165) is 24.7 Å². The summed E-state index contributed by atoms with van der Waals surface area (Å²) in [5.74, 6) is 1.16. The SMILES string of the molecule is CCOCCOCc1cccc(CNC(=NC)NCC(C)COCc2ccccc2)c1.I. The fourth-order valence-corrected chi connectivity index (χ4v) is 2.97. The molecule has 2 aromatic carbocycles. The van der Waals surface area contributed by atoms with E-state index >= 15 is 0 Å². The lowest BCUT2D eigenvalue weighted by Gasteiger charge is -2.16. The molecule has 0 saturated carbocycles. The number of nitrogens with one attached hydrogen (secondary N) is 2. The van der Waals surface area contributed by atoms with Gasteiger partial charge in [-0.3, -0.25) is 4.99 Å². The van der Waals surface area contributed by atoms with Crippen LogP contribution >= 0.6 is 24.0 Å². The van der Waals surface area contributed by atoms with Crippen molar-refractivity contribution in [2.75, 3.05) is 40.0 Å². The molecule has 7 heteroatoms. The van der Waals surface area contributed by atoms with Crippen LogP contribution < -0.4 is 10.6 Å². The van der Waals surface area contributed by atoms with E-state index in [9.17, 15) is 0 Å². The summed E-state index contributed by atoms with van der Waals surface area (Å²) in [6.07, 6.45) is 0. The molecule has 2 N–H and O–H groups in total. The minimum absolute atomic E-state index is 0. The second-order valence-electron chi connectivity index (χ2n) is 7.48. The number of rotatable bonds is 14. The largest absolute Gasteiger partial charge is 0.379 e. The van der Waals surface area contributed by atoms with E-state index < -0.39 is 0 Å². The van der Waals surface area contributed by atoms with Crippen LogP contribution in [0.5, 0.6) is 0 Å². The van der Waals surface area contributed by atoms with Gasteiger partial charge >= 0.3 is 0 Å². The van der Waals surface area contributed by atoms with Crippen molar-refractivity contribution in [1.82, 2.24) is 10.6 Å². The van der Waals surface area contributed by atoms with Gasteiger partial charge in [0, 0.05) is 26.7 Å². The Morgan fingerprint density at radius 2 is 1.56 bits per heavy atom. The summed E-state index contributed by atoms with van der Waals surface area (Å²) in [5.41, 5.74) is 3.54. The zero-order chi connectivity index (χ0) is 22.2. The van der Waals surface area contributed by atoms with Crippen LogP contribution in [0.3, 0.4) is 0 Å². The Morgan fingerprint density at radius 3 is 2.31 bits per heavy atom. The maximum Gasteiger partial charge on any atom is 0.191 e. The summed E-state index contributed by atoms with van der Waals surface area (Å²) in [6, 6.07) is 18.6. The Morgan fingerprint density at radius 1 is 0.875 bits per heavy atom. The molecular formula is C25H38IN3O3. The number of benzene rings is 2. The number of ether oxygens (including phenoxy) is 3. The molecule has 0 saturated heterocycles. The van der Waals surface area contributed by atoms with E-state index in [1.807, 2.05) is 25.1 Å². The van der Waals surface area contributed by atoms with Crippen LogP contribution in [0.1, 0.15) is 30.5 Å². The minimum Gasteiger partial charge on any atom is -0.379 e. The van der Waals surface area contributed by atoms with E-state index in [-0.39, 0.29) is 24.0 Å². The van der Waals surface area contributed by atoms with E-state index in [1.54, 1.807) is 7.05 Å². The van der Waals surface area contributed by atoms with Crippen LogP contribution in [0.15, 0.2) is 59.6 Å². The van der Waals surface area contributed by atoms with Crippen LogP contribution in [0.2, 0.25) is 0 Å². The van der Waals surface area contributed by atoms with Crippen molar-refractivity contribution in [2.24, 2.45) is 10.9 Å². The average molecular weight is 556 g/mol. The van der Waals surface area contributed by atoms with Crippen LogP contribution in [0, 0.1) is 5.92 Å². The second kappa shape index (κ2) is 17.8. The van der Waals surface area contributed by atoms with Gasteiger partial charge in [-0.1, -0.05) is 61.5 Å². The lowest BCUT2D eigenvalue weighted by molar-refractivity contribution is 0.0453. The predicted octanol–water partition coefficient (Wildman–Crippen LogP) is 4.38. The number of guanidine groups is 1. The molecular weight excluding hydrogens is 517 g/mol. The standard InChI is InChI=1S/C25H37N3O3.HI/c1-4-29-13-14-30-20-24-12-8-11-23(15-24)17-28-25(26-3)27-16-21(2)18-31-19-22-9-6-5-7-10-22;/h5-12,15,21H,4,13-14,16-20H2,1-3H3,(H2,26,27,28);1H. The first kappa shape index (κ1) is 28.4. The van der Waals surface area contributed by atoms with Gasteiger partial charge in [0.2, 0.25) is 0 Å². The second-order valence-corrected chi connectivity index (χ2v) is 7.48. The van der Waals surface area contributed by atoms with Gasteiger partial charge in [-0.25, -0.2) is 0 Å². The highest BCUT2D eigenvalue weighted by atomic mass is 127. The maximum atomic E-state index is 5.82. The Labute approximate surface area is 210 Å². The van der Waals surface area contributed by atoms with Crippen molar-refractivity contribution >= 4 is 29.9 Å².